The Balaban J connectivity index is 1.77. The van der Waals surface area contributed by atoms with Crippen LogP contribution in [-0.2, 0) is 11.3 Å². The van der Waals surface area contributed by atoms with E-state index in [1.54, 1.807) is 0 Å². The monoisotopic (exact) mass is 357 g/mol. The molecule has 2 heterocycles. The minimum atomic E-state index is -0.279. The molecule has 1 aromatic carbocycles. The average molecular weight is 357 g/mol. The van der Waals surface area contributed by atoms with Crippen molar-refractivity contribution in [1.29, 1.82) is 0 Å². The van der Waals surface area contributed by atoms with Crippen molar-refractivity contribution in [2.75, 3.05) is 11.1 Å². The number of anilines is 1. The van der Waals surface area contributed by atoms with Crippen molar-refractivity contribution >= 4 is 34.5 Å². The Bertz CT molecular complexity index is 972. The van der Waals surface area contributed by atoms with Crippen LogP contribution in [0.25, 0.3) is 11.2 Å². The maximum absolute atomic E-state index is 12.3. The summed E-state index contributed by atoms with van der Waals surface area (Å²) in [6, 6.07) is 5.89. The summed E-state index contributed by atoms with van der Waals surface area (Å²) < 4.78 is 1.83. The van der Waals surface area contributed by atoms with Crippen LogP contribution in [0, 0.1) is 13.8 Å². The predicted octanol–water partition coefficient (Wildman–Crippen LogP) is 2.49. The van der Waals surface area contributed by atoms with Crippen LogP contribution < -0.4 is 10.9 Å². The van der Waals surface area contributed by atoms with Crippen molar-refractivity contribution in [3.8, 4) is 0 Å². The first kappa shape index (κ1) is 17.2. The fourth-order valence-corrected chi connectivity index (χ4v) is 3.50. The minimum absolute atomic E-state index is 0.112. The lowest BCUT2D eigenvalue weighted by atomic mass is 10.1. The van der Waals surface area contributed by atoms with Gasteiger partial charge >= 0.3 is 0 Å². The number of thioether (sulfide) groups is 1. The second-order valence-corrected chi connectivity index (χ2v) is 6.59. The van der Waals surface area contributed by atoms with Gasteiger partial charge in [0.05, 0.1) is 12.1 Å². The van der Waals surface area contributed by atoms with Gasteiger partial charge in [0, 0.05) is 12.2 Å². The second kappa shape index (κ2) is 7.10. The number of amides is 1. The molecule has 0 bridgehead atoms. The van der Waals surface area contributed by atoms with Crippen molar-refractivity contribution in [1.82, 2.24) is 19.5 Å². The molecule has 7 nitrogen and oxygen atoms in total. The van der Waals surface area contributed by atoms with E-state index in [4.69, 9.17) is 0 Å². The van der Waals surface area contributed by atoms with E-state index in [1.165, 1.54) is 18.1 Å². The van der Waals surface area contributed by atoms with E-state index < -0.39 is 0 Å². The van der Waals surface area contributed by atoms with E-state index in [1.807, 2.05) is 43.5 Å². The highest BCUT2D eigenvalue weighted by Crippen LogP contribution is 2.23. The molecule has 0 unspecified atom stereocenters. The van der Waals surface area contributed by atoms with Gasteiger partial charge in [0.1, 0.15) is 0 Å². The SMILES string of the molecule is CCn1c(SCC(=O)Nc2c(C)cccc2C)nc2c(=O)[nH]cnc21. The Morgan fingerprint density at radius 1 is 1.32 bits per heavy atom. The molecule has 25 heavy (non-hydrogen) atoms. The first-order valence-electron chi connectivity index (χ1n) is 7.94. The first-order valence-corrected chi connectivity index (χ1v) is 8.92. The standard InChI is InChI=1S/C17H19N5O2S/c1-4-22-15-14(16(24)19-9-18-15)21-17(22)25-8-12(23)20-13-10(2)6-5-7-11(13)3/h5-7,9H,4,8H2,1-3H3,(H,20,23)(H,18,19,24). The number of para-hydroxylation sites is 1. The molecule has 3 rings (SSSR count). The van der Waals surface area contributed by atoms with E-state index in [9.17, 15) is 9.59 Å². The number of imidazole rings is 1. The van der Waals surface area contributed by atoms with Crippen molar-refractivity contribution in [2.24, 2.45) is 0 Å². The number of hydrogen-bond donors (Lipinski definition) is 2. The first-order chi connectivity index (χ1) is 12.0. The molecule has 0 atom stereocenters. The number of rotatable bonds is 5. The third-order valence-corrected chi connectivity index (χ3v) is 4.87. The van der Waals surface area contributed by atoms with Crippen LogP contribution in [0.4, 0.5) is 5.69 Å². The summed E-state index contributed by atoms with van der Waals surface area (Å²) in [5.41, 5.74) is 3.44. The summed E-state index contributed by atoms with van der Waals surface area (Å²) in [5.74, 6) is 0.0913. The van der Waals surface area contributed by atoms with Crippen molar-refractivity contribution in [3.05, 3.63) is 46.0 Å². The van der Waals surface area contributed by atoms with E-state index in [0.29, 0.717) is 22.9 Å². The lowest BCUT2D eigenvalue weighted by Crippen LogP contribution is -2.16. The summed E-state index contributed by atoms with van der Waals surface area (Å²) in [5, 5.41) is 3.56. The molecule has 0 aliphatic heterocycles. The predicted molar refractivity (Wildman–Crippen MR) is 99.1 cm³/mol. The summed E-state index contributed by atoms with van der Waals surface area (Å²) in [7, 11) is 0. The molecule has 130 valence electrons. The van der Waals surface area contributed by atoms with Crippen LogP contribution in [0.1, 0.15) is 18.1 Å². The molecule has 0 aliphatic rings. The quantitative estimate of drug-likeness (QED) is 0.685. The number of benzene rings is 1. The molecular formula is C17H19N5O2S. The molecule has 0 saturated heterocycles. The number of nitrogens with one attached hydrogen (secondary N) is 2. The molecule has 0 spiro atoms. The molecular weight excluding hydrogens is 338 g/mol. The smallest absolute Gasteiger partial charge is 0.278 e. The Kier molecular flexibility index (Phi) is 4.89. The van der Waals surface area contributed by atoms with Crippen LogP contribution in [-0.4, -0.2) is 31.2 Å². The number of carbonyl (C=O) groups excluding carboxylic acids is 1. The van der Waals surface area contributed by atoms with Gasteiger partial charge < -0.3 is 14.9 Å². The van der Waals surface area contributed by atoms with Gasteiger partial charge in [-0.05, 0) is 31.9 Å². The normalized spacial score (nSPS) is 11.0. The van der Waals surface area contributed by atoms with Gasteiger partial charge in [0.15, 0.2) is 16.3 Å². The molecule has 2 N–H and O–H groups in total. The van der Waals surface area contributed by atoms with Gasteiger partial charge in [-0.2, -0.15) is 0 Å². The average Bonchev–Trinajstić information content (AvgIpc) is 2.95. The van der Waals surface area contributed by atoms with E-state index in [-0.39, 0.29) is 17.2 Å². The number of nitrogens with zero attached hydrogens (tertiary/aromatic N) is 3. The molecule has 0 radical (unpaired) electrons. The fraction of sp³-hybridized carbons (Fsp3) is 0.294. The van der Waals surface area contributed by atoms with Gasteiger partial charge in [-0.15, -0.1) is 0 Å². The van der Waals surface area contributed by atoms with Crippen LogP contribution >= 0.6 is 11.8 Å². The Labute approximate surface area is 148 Å². The minimum Gasteiger partial charge on any atom is -0.325 e. The van der Waals surface area contributed by atoms with Gasteiger partial charge in [-0.25, -0.2) is 9.97 Å². The summed E-state index contributed by atoms with van der Waals surface area (Å²) >= 11 is 1.29. The maximum Gasteiger partial charge on any atom is 0.278 e. The van der Waals surface area contributed by atoms with E-state index >= 15 is 0 Å². The van der Waals surface area contributed by atoms with E-state index in [0.717, 1.165) is 16.8 Å². The summed E-state index contributed by atoms with van der Waals surface area (Å²) in [4.78, 5) is 35.2. The molecule has 8 heteroatoms. The third kappa shape index (κ3) is 3.43. The zero-order chi connectivity index (χ0) is 18.0. The maximum atomic E-state index is 12.3. The number of aromatic nitrogens is 4. The number of aryl methyl sites for hydroxylation is 3. The van der Waals surface area contributed by atoms with E-state index in [2.05, 4.69) is 20.3 Å². The fourth-order valence-electron chi connectivity index (χ4n) is 2.64. The molecule has 1 amide bonds. The van der Waals surface area contributed by atoms with Crippen molar-refractivity contribution in [3.63, 3.8) is 0 Å². The second-order valence-electron chi connectivity index (χ2n) is 5.65. The molecule has 0 fully saturated rings. The number of aromatic amines is 1. The van der Waals surface area contributed by atoms with Gasteiger partial charge in [0.25, 0.3) is 5.56 Å². The lowest BCUT2D eigenvalue weighted by Gasteiger charge is -2.11. The number of hydrogen-bond acceptors (Lipinski definition) is 5. The number of H-pyrrole nitrogens is 1. The third-order valence-electron chi connectivity index (χ3n) is 3.90. The number of carbonyl (C=O) groups is 1. The lowest BCUT2D eigenvalue weighted by molar-refractivity contribution is -0.113. The molecule has 3 aromatic rings. The Morgan fingerprint density at radius 3 is 2.72 bits per heavy atom. The molecule has 0 aliphatic carbocycles. The topological polar surface area (TPSA) is 92.7 Å². The van der Waals surface area contributed by atoms with Crippen molar-refractivity contribution in [2.45, 2.75) is 32.5 Å². The Morgan fingerprint density at radius 2 is 2.04 bits per heavy atom. The summed E-state index contributed by atoms with van der Waals surface area (Å²) in [6.45, 7) is 6.49. The van der Waals surface area contributed by atoms with Crippen LogP contribution in [0.15, 0.2) is 34.5 Å². The molecule has 0 saturated carbocycles. The largest absolute Gasteiger partial charge is 0.325 e. The molecule has 2 aromatic heterocycles. The van der Waals surface area contributed by atoms with Gasteiger partial charge in [0.2, 0.25) is 5.91 Å². The highest BCUT2D eigenvalue weighted by molar-refractivity contribution is 7.99. The summed E-state index contributed by atoms with van der Waals surface area (Å²) in [6.07, 6.45) is 1.36. The highest BCUT2D eigenvalue weighted by atomic mass is 32.2. The van der Waals surface area contributed by atoms with Crippen LogP contribution in [0.5, 0.6) is 0 Å². The zero-order valence-corrected chi connectivity index (χ0v) is 15.1. The van der Waals surface area contributed by atoms with Gasteiger partial charge in [-0.3, -0.25) is 9.59 Å². The van der Waals surface area contributed by atoms with Crippen molar-refractivity contribution < 1.29 is 4.79 Å². The van der Waals surface area contributed by atoms with Crippen LogP contribution in [0.3, 0.4) is 0 Å². The van der Waals surface area contributed by atoms with Gasteiger partial charge in [-0.1, -0.05) is 30.0 Å². The van der Waals surface area contributed by atoms with Crippen LogP contribution in [0.2, 0.25) is 0 Å². The Hall–Kier alpha value is -2.61. The zero-order valence-electron chi connectivity index (χ0n) is 14.3. The highest BCUT2D eigenvalue weighted by Gasteiger charge is 2.15. The number of fused-ring (bicyclic) bond motifs is 1.